The summed E-state index contributed by atoms with van der Waals surface area (Å²) in [6.07, 6.45) is 4.89. The van der Waals surface area contributed by atoms with Crippen molar-refractivity contribution in [2.75, 3.05) is 13.6 Å². The van der Waals surface area contributed by atoms with E-state index in [1.54, 1.807) is 13.2 Å². The number of carbonyl (C=O) groups excluding carboxylic acids is 1. The Labute approximate surface area is 53.7 Å². The van der Waals surface area contributed by atoms with Gasteiger partial charge in [0, 0.05) is 13.2 Å². The van der Waals surface area contributed by atoms with E-state index in [2.05, 4.69) is 4.99 Å². The molecular formula is C6H8N2O. The van der Waals surface area contributed by atoms with Gasteiger partial charge >= 0.3 is 0 Å². The number of carbonyl (C=O) groups is 1. The number of nitrogens with zero attached hydrogens (tertiary/aromatic N) is 2. The lowest BCUT2D eigenvalue weighted by Crippen LogP contribution is -2.20. The summed E-state index contributed by atoms with van der Waals surface area (Å²) in [6, 6.07) is 0. The fourth-order valence-electron chi connectivity index (χ4n) is 0.561. The smallest absolute Gasteiger partial charge is 0.268 e. The monoisotopic (exact) mass is 124 g/mol. The van der Waals surface area contributed by atoms with Crippen LogP contribution in [0.3, 0.4) is 0 Å². The molecule has 3 nitrogen and oxygen atoms in total. The van der Waals surface area contributed by atoms with Crippen molar-refractivity contribution in [3.8, 4) is 0 Å². The van der Waals surface area contributed by atoms with Gasteiger partial charge in [0.05, 0.1) is 12.8 Å². The predicted molar refractivity (Wildman–Crippen MR) is 35.3 cm³/mol. The van der Waals surface area contributed by atoms with E-state index >= 15 is 0 Å². The van der Waals surface area contributed by atoms with Gasteiger partial charge in [-0.2, -0.15) is 0 Å². The lowest BCUT2D eigenvalue weighted by Gasteiger charge is -2.04. The summed E-state index contributed by atoms with van der Waals surface area (Å²) in [6.45, 7) is 0.607. The molecule has 9 heavy (non-hydrogen) atoms. The van der Waals surface area contributed by atoms with E-state index in [1.807, 2.05) is 6.08 Å². The predicted octanol–water partition coefficient (Wildman–Crippen LogP) is 0.0429. The Bertz CT molecular complexity index is 172. The normalized spacial score (nSPS) is 18.3. The summed E-state index contributed by atoms with van der Waals surface area (Å²) in [5.74, 6) is -0.0660. The SMILES string of the molecule is CN1C=CCN=CC1=O. The van der Waals surface area contributed by atoms with Gasteiger partial charge in [0.1, 0.15) is 0 Å². The maximum Gasteiger partial charge on any atom is 0.268 e. The highest BCUT2D eigenvalue weighted by atomic mass is 16.2. The second-order valence-corrected chi connectivity index (χ2v) is 1.83. The third-order valence-corrected chi connectivity index (χ3v) is 1.09. The van der Waals surface area contributed by atoms with E-state index in [9.17, 15) is 4.79 Å². The highest BCUT2D eigenvalue weighted by Crippen LogP contribution is 1.89. The Morgan fingerprint density at radius 2 is 2.56 bits per heavy atom. The van der Waals surface area contributed by atoms with Crippen LogP contribution in [0.5, 0.6) is 0 Å². The van der Waals surface area contributed by atoms with Crippen LogP contribution in [-0.2, 0) is 4.79 Å². The van der Waals surface area contributed by atoms with Crippen LogP contribution < -0.4 is 0 Å². The zero-order valence-corrected chi connectivity index (χ0v) is 5.24. The van der Waals surface area contributed by atoms with Crippen molar-refractivity contribution in [3.63, 3.8) is 0 Å². The number of amides is 1. The summed E-state index contributed by atoms with van der Waals surface area (Å²) in [7, 11) is 1.70. The van der Waals surface area contributed by atoms with Crippen molar-refractivity contribution in [1.82, 2.24) is 4.90 Å². The molecule has 0 aromatic rings. The van der Waals surface area contributed by atoms with E-state index in [0.29, 0.717) is 6.54 Å². The maximum atomic E-state index is 10.7. The number of rotatable bonds is 0. The van der Waals surface area contributed by atoms with E-state index in [0.717, 1.165) is 0 Å². The Morgan fingerprint density at radius 1 is 1.78 bits per heavy atom. The molecule has 0 fully saturated rings. The van der Waals surface area contributed by atoms with E-state index < -0.39 is 0 Å². The van der Waals surface area contributed by atoms with Crippen molar-refractivity contribution in [1.29, 1.82) is 0 Å². The van der Waals surface area contributed by atoms with Crippen LogP contribution in [0, 0.1) is 0 Å². The van der Waals surface area contributed by atoms with Crippen LogP contribution in [0.15, 0.2) is 17.3 Å². The van der Waals surface area contributed by atoms with Gasteiger partial charge in [0.15, 0.2) is 0 Å². The van der Waals surface area contributed by atoms with Gasteiger partial charge in [-0.15, -0.1) is 0 Å². The molecule has 0 bridgehead atoms. The standard InChI is InChI=1S/C6H8N2O/c1-8-4-2-3-7-5-6(8)9/h2,4-5H,3H2,1H3. The molecule has 0 atom stereocenters. The van der Waals surface area contributed by atoms with Gasteiger partial charge in [0.25, 0.3) is 5.91 Å². The first-order valence-electron chi connectivity index (χ1n) is 2.74. The van der Waals surface area contributed by atoms with Crippen LogP contribution in [0.2, 0.25) is 0 Å². The zero-order chi connectivity index (χ0) is 6.69. The molecule has 0 aromatic carbocycles. The third kappa shape index (κ3) is 1.38. The fraction of sp³-hybridized carbons (Fsp3) is 0.333. The molecule has 1 heterocycles. The molecule has 1 amide bonds. The molecule has 0 aromatic heterocycles. The molecule has 0 unspecified atom stereocenters. The maximum absolute atomic E-state index is 10.7. The molecule has 1 rings (SSSR count). The minimum atomic E-state index is -0.0660. The second kappa shape index (κ2) is 2.44. The van der Waals surface area contributed by atoms with Crippen molar-refractivity contribution < 1.29 is 4.79 Å². The second-order valence-electron chi connectivity index (χ2n) is 1.83. The van der Waals surface area contributed by atoms with Crippen LogP contribution in [0.25, 0.3) is 0 Å². The van der Waals surface area contributed by atoms with Crippen molar-refractivity contribution >= 4 is 12.1 Å². The van der Waals surface area contributed by atoms with E-state index in [-0.39, 0.29) is 5.91 Å². The summed E-state index contributed by atoms with van der Waals surface area (Å²) >= 11 is 0. The molecule has 3 heteroatoms. The van der Waals surface area contributed by atoms with Gasteiger partial charge in [-0.05, 0) is 6.08 Å². The molecule has 1 aliphatic heterocycles. The van der Waals surface area contributed by atoms with E-state index in [1.165, 1.54) is 11.1 Å². The van der Waals surface area contributed by atoms with Crippen molar-refractivity contribution in [2.24, 2.45) is 4.99 Å². The van der Waals surface area contributed by atoms with Gasteiger partial charge in [-0.25, -0.2) is 0 Å². The van der Waals surface area contributed by atoms with Gasteiger partial charge in [-0.1, -0.05) is 0 Å². The largest absolute Gasteiger partial charge is 0.318 e. The topological polar surface area (TPSA) is 32.7 Å². The van der Waals surface area contributed by atoms with Gasteiger partial charge < -0.3 is 4.90 Å². The summed E-state index contributed by atoms with van der Waals surface area (Å²) in [4.78, 5) is 16.0. The third-order valence-electron chi connectivity index (χ3n) is 1.09. The highest BCUT2D eigenvalue weighted by molar-refractivity contribution is 6.26. The highest BCUT2D eigenvalue weighted by Gasteiger charge is 2.01. The molecule has 0 saturated carbocycles. The Kier molecular flexibility index (Phi) is 1.63. The number of hydrogen-bond donors (Lipinski definition) is 0. The number of aliphatic imine (C=N–C) groups is 1. The van der Waals surface area contributed by atoms with Crippen LogP contribution in [-0.4, -0.2) is 30.6 Å². The fourth-order valence-corrected chi connectivity index (χ4v) is 0.561. The van der Waals surface area contributed by atoms with Crippen LogP contribution in [0.4, 0.5) is 0 Å². The Balaban J connectivity index is 2.73. The van der Waals surface area contributed by atoms with Crippen LogP contribution >= 0.6 is 0 Å². The first kappa shape index (κ1) is 6.01. The minimum absolute atomic E-state index is 0.0660. The van der Waals surface area contributed by atoms with Crippen LogP contribution in [0.1, 0.15) is 0 Å². The zero-order valence-electron chi connectivity index (χ0n) is 5.24. The molecule has 0 aliphatic carbocycles. The average molecular weight is 124 g/mol. The Hall–Kier alpha value is -1.12. The average Bonchev–Trinajstić information content (AvgIpc) is 1.99. The summed E-state index contributed by atoms with van der Waals surface area (Å²) < 4.78 is 0. The first-order chi connectivity index (χ1) is 4.30. The molecule has 0 radical (unpaired) electrons. The Morgan fingerprint density at radius 3 is 3.33 bits per heavy atom. The quantitative estimate of drug-likeness (QED) is 0.449. The molecular weight excluding hydrogens is 116 g/mol. The minimum Gasteiger partial charge on any atom is -0.318 e. The van der Waals surface area contributed by atoms with Crippen molar-refractivity contribution in [3.05, 3.63) is 12.3 Å². The lowest BCUT2D eigenvalue weighted by molar-refractivity contribution is -0.120. The molecule has 0 saturated heterocycles. The molecule has 0 spiro atoms. The van der Waals surface area contributed by atoms with E-state index in [4.69, 9.17) is 0 Å². The number of hydrogen-bond acceptors (Lipinski definition) is 2. The molecule has 0 N–H and O–H groups in total. The first-order valence-corrected chi connectivity index (χ1v) is 2.74. The van der Waals surface area contributed by atoms with Crippen molar-refractivity contribution in [2.45, 2.75) is 0 Å². The lowest BCUT2D eigenvalue weighted by atomic mass is 10.6. The summed E-state index contributed by atoms with van der Waals surface area (Å²) in [5, 5.41) is 0. The van der Waals surface area contributed by atoms with Gasteiger partial charge in [0.2, 0.25) is 0 Å². The molecule has 1 aliphatic rings. The van der Waals surface area contributed by atoms with Gasteiger partial charge in [-0.3, -0.25) is 9.79 Å². The summed E-state index contributed by atoms with van der Waals surface area (Å²) in [5.41, 5.74) is 0. The molecule has 48 valence electrons.